The van der Waals surface area contributed by atoms with Crippen LogP contribution in [0, 0.1) is 0 Å². The number of hydrogen-bond acceptors (Lipinski definition) is 3. The molecule has 1 aromatic rings. The van der Waals surface area contributed by atoms with Crippen molar-refractivity contribution in [2.45, 2.75) is 50.0 Å². The van der Waals surface area contributed by atoms with E-state index in [1.165, 1.54) is 0 Å². The van der Waals surface area contributed by atoms with Gasteiger partial charge in [-0.15, -0.1) is 0 Å². The van der Waals surface area contributed by atoms with E-state index < -0.39 is 10.0 Å². The zero-order chi connectivity index (χ0) is 14.6. The number of aliphatic hydroxyl groups excluding tert-OH is 1. The lowest BCUT2D eigenvalue weighted by atomic mass is 10.1. The van der Waals surface area contributed by atoms with Crippen molar-refractivity contribution in [3.8, 4) is 0 Å². The van der Waals surface area contributed by atoms with E-state index in [2.05, 4.69) is 0 Å². The molecule has 0 aromatic heterocycles. The Morgan fingerprint density at radius 3 is 2.60 bits per heavy atom. The van der Waals surface area contributed by atoms with Gasteiger partial charge in [-0.25, -0.2) is 8.42 Å². The number of sulfonamides is 1. The summed E-state index contributed by atoms with van der Waals surface area (Å²) in [5.74, 6) is 0. The molecule has 5 heteroatoms. The summed E-state index contributed by atoms with van der Waals surface area (Å²) in [5, 5.41) is 8.81. The first-order valence-electron chi connectivity index (χ1n) is 7.31. The van der Waals surface area contributed by atoms with Gasteiger partial charge in [0.1, 0.15) is 0 Å². The largest absolute Gasteiger partial charge is 0.396 e. The van der Waals surface area contributed by atoms with Crippen LogP contribution in [0.3, 0.4) is 0 Å². The summed E-state index contributed by atoms with van der Waals surface area (Å²) in [6, 6.07) is 7.22. The van der Waals surface area contributed by atoms with Crippen LogP contribution in [0.4, 0.5) is 0 Å². The lowest BCUT2D eigenvalue weighted by molar-refractivity contribution is 0.288. The van der Waals surface area contributed by atoms with Crippen LogP contribution in [0.2, 0.25) is 0 Å². The molecule has 0 aliphatic carbocycles. The highest BCUT2D eigenvalue weighted by Crippen LogP contribution is 2.27. The Morgan fingerprint density at radius 2 is 2.00 bits per heavy atom. The Bertz CT molecular complexity index is 525. The van der Waals surface area contributed by atoms with E-state index in [0.29, 0.717) is 17.9 Å². The molecule has 1 aliphatic heterocycles. The first-order chi connectivity index (χ1) is 9.59. The summed E-state index contributed by atoms with van der Waals surface area (Å²) in [7, 11) is -3.35. The molecule has 0 radical (unpaired) electrons. The van der Waals surface area contributed by atoms with Gasteiger partial charge in [0.25, 0.3) is 0 Å². The monoisotopic (exact) mass is 297 g/mol. The van der Waals surface area contributed by atoms with E-state index in [4.69, 9.17) is 5.11 Å². The molecule has 20 heavy (non-hydrogen) atoms. The fourth-order valence-electron chi connectivity index (χ4n) is 2.78. The number of rotatable bonds is 6. The van der Waals surface area contributed by atoms with Gasteiger partial charge in [-0.3, -0.25) is 0 Å². The standard InChI is InChI=1S/C15H23NO3S/c1-2-14-6-3-11-16(14)20(18,19)15-9-7-13(8-10-15)5-4-12-17/h7-10,14,17H,2-6,11-12H2,1H3. The van der Waals surface area contributed by atoms with Gasteiger partial charge in [0.05, 0.1) is 4.90 Å². The third-order valence-electron chi connectivity index (χ3n) is 3.95. The molecule has 1 aromatic carbocycles. The molecule has 1 saturated heterocycles. The Hall–Kier alpha value is -0.910. The van der Waals surface area contributed by atoms with Crippen LogP contribution in [0.25, 0.3) is 0 Å². The summed E-state index contributed by atoms with van der Waals surface area (Å²) < 4.78 is 26.9. The molecule has 1 unspecified atom stereocenters. The summed E-state index contributed by atoms with van der Waals surface area (Å²) in [4.78, 5) is 0.380. The average molecular weight is 297 g/mol. The zero-order valence-corrected chi connectivity index (χ0v) is 12.8. The molecular formula is C15H23NO3S. The van der Waals surface area contributed by atoms with Gasteiger partial charge < -0.3 is 5.11 Å². The minimum atomic E-state index is -3.35. The van der Waals surface area contributed by atoms with Gasteiger partial charge in [0, 0.05) is 19.2 Å². The van der Waals surface area contributed by atoms with E-state index in [1.54, 1.807) is 16.4 Å². The number of nitrogens with zero attached hydrogens (tertiary/aromatic N) is 1. The second kappa shape index (κ2) is 6.70. The third kappa shape index (κ3) is 3.22. The maximum atomic E-state index is 12.6. The highest BCUT2D eigenvalue weighted by atomic mass is 32.2. The van der Waals surface area contributed by atoms with E-state index in [1.807, 2.05) is 19.1 Å². The zero-order valence-electron chi connectivity index (χ0n) is 12.0. The molecule has 1 N–H and O–H groups in total. The van der Waals surface area contributed by atoms with Gasteiger partial charge >= 0.3 is 0 Å². The van der Waals surface area contributed by atoms with E-state index in [-0.39, 0.29) is 12.6 Å². The predicted octanol–water partition coefficient (Wildman–Crippen LogP) is 2.17. The highest BCUT2D eigenvalue weighted by molar-refractivity contribution is 7.89. The van der Waals surface area contributed by atoms with Crippen molar-refractivity contribution in [2.75, 3.05) is 13.2 Å². The van der Waals surface area contributed by atoms with Crippen molar-refractivity contribution in [1.29, 1.82) is 0 Å². The van der Waals surface area contributed by atoms with Gasteiger partial charge in [-0.05, 0) is 49.8 Å². The minimum Gasteiger partial charge on any atom is -0.396 e. The van der Waals surface area contributed by atoms with Crippen molar-refractivity contribution in [3.05, 3.63) is 29.8 Å². The first-order valence-corrected chi connectivity index (χ1v) is 8.75. The van der Waals surface area contributed by atoms with Crippen LogP contribution in [0.5, 0.6) is 0 Å². The topological polar surface area (TPSA) is 57.6 Å². The fourth-order valence-corrected chi connectivity index (χ4v) is 4.55. The number of aryl methyl sites for hydroxylation is 1. The van der Waals surface area contributed by atoms with Crippen molar-refractivity contribution < 1.29 is 13.5 Å². The lowest BCUT2D eigenvalue weighted by Gasteiger charge is -2.23. The van der Waals surface area contributed by atoms with E-state index in [0.717, 1.165) is 31.2 Å². The van der Waals surface area contributed by atoms with Crippen molar-refractivity contribution >= 4 is 10.0 Å². The summed E-state index contributed by atoms with van der Waals surface area (Å²) in [6.45, 7) is 2.83. The Balaban J connectivity index is 2.17. The Morgan fingerprint density at radius 1 is 1.30 bits per heavy atom. The molecule has 1 atom stereocenters. The quantitative estimate of drug-likeness (QED) is 0.875. The van der Waals surface area contributed by atoms with Gasteiger partial charge in [-0.2, -0.15) is 4.31 Å². The highest BCUT2D eigenvalue weighted by Gasteiger charge is 2.33. The Labute approximate surface area is 121 Å². The summed E-state index contributed by atoms with van der Waals surface area (Å²) in [6.07, 6.45) is 4.26. The van der Waals surface area contributed by atoms with E-state index >= 15 is 0 Å². The molecule has 0 saturated carbocycles. The Kier molecular flexibility index (Phi) is 5.18. The predicted molar refractivity (Wildman–Crippen MR) is 79.1 cm³/mol. The third-order valence-corrected chi connectivity index (χ3v) is 5.91. The second-order valence-corrected chi connectivity index (χ2v) is 7.18. The van der Waals surface area contributed by atoms with Crippen LogP contribution in [0.1, 0.15) is 38.2 Å². The fraction of sp³-hybridized carbons (Fsp3) is 0.600. The molecule has 112 valence electrons. The maximum absolute atomic E-state index is 12.6. The first kappa shape index (κ1) is 15.5. The molecular weight excluding hydrogens is 274 g/mol. The van der Waals surface area contributed by atoms with Crippen LogP contribution >= 0.6 is 0 Å². The number of aliphatic hydroxyl groups is 1. The lowest BCUT2D eigenvalue weighted by Crippen LogP contribution is -2.35. The maximum Gasteiger partial charge on any atom is 0.243 e. The van der Waals surface area contributed by atoms with Crippen molar-refractivity contribution in [3.63, 3.8) is 0 Å². The van der Waals surface area contributed by atoms with E-state index in [9.17, 15) is 8.42 Å². The van der Waals surface area contributed by atoms with Crippen molar-refractivity contribution in [1.82, 2.24) is 4.31 Å². The van der Waals surface area contributed by atoms with Gasteiger partial charge in [0.15, 0.2) is 0 Å². The summed E-state index contributed by atoms with van der Waals surface area (Å²) >= 11 is 0. The molecule has 2 rings (SSSR count). The minimum absolute atomic E-state index is 0.147. The smallest absolute Gasteiger partial charge is 0.243 e. The molecule has 1 fully saturated rings. The normalized spacial score (nSPS) is 20.4. The second-order valence-electron chi connectivity index (χ2n) is 5.29. The molecule has 4 nitrogen and oxygen atoms in total. The van der Waals surface area contributed by atoms with Crippen LogP contribution in [0.15, 0.2) is 29.2 Å². The van der Waals surface area contributed by atoms with Gasteiger partial charge in [0.2, 0.25) is 10.0 Å². The number of hydrogen-bond donors (Lipinski definition) is 1. The number of benzene rings is 1. The molecule has 1 heterocycles. The average Bonchev–Trinajstić information content (AvgIpc) is 2.95. The molecule has 0 amide bonds. The summed E-state index contributed by atoms with van der Waals surface area (Å²) in [5.41, 5.74) is 1.06. The van der Waals surface area contributed by atoms with Crippen LogP contribution in [-0.4, -0.2) is 37.0 Å². The molecule has 0 spiro atoms. The van der Waals surface area contributed by atoms with Crippen molar-refractivity contribution in [2.24, 2.45) is 0 Å². The molecule has 1 aliphatic rings. The SMILES string of the molecule is CCC1CCCN1S(=O)(=O)c1ccc(CCCO)cc1. The van der Waals surface area contributed by atoms with Crippen LogP contribution in [-0.2, 0) is 16.4 Å². The van der Waals surface area contributed by atoms with Crippen LogP contribution < -0.4 is 0 Å². The van der Waals surface area contributed by atoms with Gasteiger partial charge in [-0.1, -0.05) is 19.1 Å². The molecule has 0 bridgehead atoms.